The summed E-state index contributed by atoms with van der Waals surface area (Å²) in [6, 6.07) is -1.13. The molecule has 5 rings (SSSR count). The quantitative estimate of drug-likeness (QED) is 0.558. The predicted molar refractivity (Wildman–Crippen MR) is 95.3 cm³/mol. The van der Waals surface area contributed by atoms with E-state index in [1.807, 2.05) is 4.90 Å². The number of ether oxygens (including phenoxy) is 1. The molecule has 0 N–H and O–H groups in total. The van der Waals surface area contributed by atoms with Crippen LogP contribution in [0.5, 0.6) is 0 Å². The minimum Gasteiger partial charge on any atom is -0.469 e. The lowest BCUT2D eigenvalue weighted by molar-refractivity contribution is -0.141. The molecule has 1 unspecified atom stereocenters. The SMILES string of the molecule is COC(=O)C[C@@H]1[C@H]2CN(c3nc(N4CC(F)(F)C4C)nc4c3CCC4(F)F)C[C@@H]12. The van der Waals surface area contributed by atoms with Gasteiger partial charge < -0.3 is 14.5 Å². The van der Waals surface area contributed by atoms with Gasteiger partial charge in [-0.05, 0) is 31.1 Å². The Morgan fingerprint density at radius 3 is 2.48 bits per heavy atom. The summed E-state index contributed by atoms with van der Waals surface area (Å²) < 4.78 is 60.8. The Kier molecular flexibility index (Phi) is 3.87. The van der Waals surface area contributed by atoms with Crippen LogP contribution in [0.15, 0.2) is 0 Å². The van der Waals surface area contributed by atoms with E-state index in [1.165, 1.54) is 18.9 Å². The van der Waals surface area contributed by atoms with Gasteiger partial charge in [-0.1, -0.05) is 0 Å². The number of carbonyl (C=O) groups excluding carboxylic acids is 1. The molecule has 6 nitrogen and oxygen atoms in total. The van der Waals surface area contributed by atoms with E-state index < -0.39 is 24.4 Å². The third-order valence-corrected chi connectivity index (χ3v) is 7.03. The van der Waals surface area contributed by atoms with Crippen molar-refractivity contribution in [3.05, 3.63) is 11.3 Å². The standard InChI is InChI=1S/C19H22F4N4O2/c1-9-19(22,23)8-27(9)17-24-15-10(3-4-18(15,20)21)16(25-17)26-6-12-11(13(12)7-26)5-14(28)29-2/h9,11-13H,3-8H2,1-2H3/t9?,11-,12-,13+. The number of piperidine rings is 1. The fourth-order valence-electron chi connectivity index (χ4n) is 5.04. The van der Waals surface area contributed by atoms with Gasteiger partial charge in [-0.2, -0.15) is 13.8 Å². The van der Waals surface area contributed by atoms with Crippen LogP contribution in [-0.4, -0.2) is 54.6 Å². The molecule has 1 saturated carbocycles. The van der Waals surface area contributed by atoms with Crippen LogP contribution in [0.4, 0.5) is 29.3 Å². The molecule has 2 aliphatic heterocycles. The van der Waals surface area contributed by atoms with Crippen LogP contribution >= 0.6 is 0 Å². The van der Waals surface area contributed by atoms with Crippen LogP contribution in [0.25, 0.3) is 0 Å². The van der Waals surface area contributed by atoms with Gasteiger partial charge in [-0.15, -0.1) is 0 Å². The number of alkyl halides is 4. The first kappa shape index (κ1) is 18.9. The van der Waals surface area contributed by atoms with E-state index in [9.17, 15) is 22.4 Å². The second kappa shape index (κ2) is 5.95. The van der Waals surface area contributed by atoms with E-state index in [4.69, 9.17) is 4.74 Å². The fourth-order valence-corrected chi connectivity index (χ4v) is 5.04. The van der Waals surface area contributed by atoms with Crippen LogP contribution in [-0.2, 0) is 21.9 Å². The first-order valence-electron chi connectivity index (χ1n) is 9.88. The number of methoxy groups -OCH3 is 1. The van der Waals surface area contributed by atoms with Crippen LogP contribution < -0.4 is 9.80 Å². The van der Waals surface area contributed by atoms with Crippen LogP contribution in [0, 0.1) is 17.8 Å². The Balaban J connectivity index is 1.42. The Hall–Kier alpha value is -2.13. The Bertz CT molecular complexity index is 868. The summed E-state index contributed by atoms with van der Waals surface area (Å²) in [5, 5.41) is 0. The van der Waals surface area contributed by atoms with Gasteiger partial charge >= 0.3 is 5.97 Å². The van der Waals surface area contributed by atoms with E-state index in [-0.39, 0.29) is 36.4 Å². The van der Waals surface area contributed by atoms with Crippen molar-refractivity contribution in [2.75, 3.05) is 36.5 Å². The molecule has 10 heteroatoms. The zero-order valence-corrected chi connectivity index (χ0v) is 16.2. The topological polar surface area (TPSA) is 58.6 Å². The molecule has 4 aliphatic rings. The normalized spacial score (nSPS) is 33.2. The molecule has 0 radical (unpaired) electrons. The molecular weight excluding hydrogens is 392 g/mol. The number of nitrogens with zero attached hydrogens (tertiary/aromatic N) is 4. The van der Waals surface area contributed by atoms with E-state index in [1.54, 1.807) is 0 Å². The second-order valence-corrected chi connectivity index (χ2v) is 8.62. The van der Waals surface area contributed by atoms with E-state index in [0.717, 1.165) is 0 Å². The van der Waals surface area contributed by atoms with Crippen LogP contribution in [0.2, 0.25) is 0 Å². The molecule has 1 aromatic rings. The lowest BCUT2D eigenvalue weighted by Gasteiger charge is -2.46. The van der Waals surface area contributed by atoms with Crippen LogP contribution in [0.3, 0.4) is 0 Å². The van der Waals surface area contributed by atoms with Crippen molar-refractivity contribution in [3.8, 4) is 0 Å². The zero-order valence-electron chi connectivity index (χ0n) is 16.2. The van der Waals surface area contributed by atoms with Crippen molar-refractivity contribution in [2.45, 2.75) is 44.1 Å². The summed E-state index contributed by atoms with van der Waals surface area (Å²) >= 11 is 0. The molecule has 4 atom stereocenters. The van der Waals surface area contributed by atoms with E-state index in [0.29, 0.717) is 42.7 Å². The van der Waals surface area contributed by atoms with E-state index in [2.05, 4.69) is 9.97 Å². The number of esters is 1. The number of rotatable bonds is 4. The van der Waals surface area contributed by atoms with Gasteiger partial charge in [-0.25, -0.2) is 13.8 Å². The monoisotopic (exact) mass is 414 g/mol. The highest BCUT2D eigenvalue weighted by molar-refractivity contribution is 5.70. The number of anilines is 2. The van der Waals surface area contributed by atoms with Crippen molar-refractivity contribution >= 4 is 17.7 Å². The van der Waals surface area contributed by atoms with Gasteiger partial charge in [0.25, 0.3) is 11.8 Å². The Morgan fingerprint density at radius 1 is 1.21 bits per heavy atom. The van der Waals surface area contributed by atoms with Gasteiger partial charge in [-0.3, -0.25) is 4.79 Å². The van der Waals surface area contributed by atoms with E-state index >= 15 is 0 Å². The maximum Gasteiger partial charge on any atom is 0.305 e. The van der Waals surface area contributed by atoms with Gasteiger partial charge in [0.15, 0.2) is 0 Å². The average molecular weight is 414 g/mol. The van der Waals surface area contributed by atoms with Crippen molar-refractivity contribution in [1.29, 1.82) is 0 Å². The molecule has 2 aliphatic carbocycles. The third kappa shape index (κ3) is 2.78. The van der Waals surface area contributed by atoms with Crippen molar-refractivity contribution < 1.29 is 27.1 Å². The first-order chi connectivity index (χ1) is 13.6. The highest BCUT2D eigenvalue weighted by atomic mass is 19.3. The molecule has 1 aromatic heterocycles. The number of halogens is 4. The van der Waals surface area contributed by atoms with Crippen molar-refractivity contribution in [1.82, 2.24) is 9.97 Å². The molecule has 0 amide bonds. The summed E-state index contributed by atoms with van der Waals surface area (Å²) in [7, 11) is 1.36. The largest absolute Gasteiger partial charge is 0.469 e. The number of fused-ring (bicyclic) bond motifs is 2. The highest BCUT2D eigenvalue weighted by Crippen LogP contribution is 2.55. The molecule has 3 fully saturated rings. The second-order valence-electron chi connectivity index (χ2n) is 8.62. The zero-order chi connectivity index (χ0) is 20.7. The van der Waals surface area contributed by atoms with Crippen LogP contribution in [0.1, 0.15) is 31.0 Å². The first-order valence-corrected chi connectivity index (χ1v) is 9.88. The fraction of sp³-hybridized carbons (Fsp3) is 0.737. The van der Waals surface area contributed by atoms with Gasteiger partial charge in [0.2, 0.25) is 5.95 Å². The smallest absolute Gasteiger partial charge is 0.305 e. The van der Waals surface area contributed by atoms with Gasteiger partial charge in [0.05, 0.1) is 19.7 Å². The third-order valence-electron chi connectivity index (χ3n) is 7.03. The van der Waals surface area contributed by atoms with Gasteiger partial charge in [0, 0.05) is 31.5 Å². The molecular formula is C19H22F4N4O2. The maximum absolute atomic E-state index is 14.4. The summed E-state index contributed by atoms with van der Waals surface area (Å²) in [5.41, 5.74) is 0.0936. The molecule has 0 spiro atoms. The predicted octanol–water partition coefficient (Wildman–Crippen LogP) is 2.60. The summed E-state index contributed by atoms with van der Waals surface area (Å²) in [4.78, 5) is 23.2. The number of carbonyl (C=O) groups is 1. The van der Waals surface area contributed by atoms with Crippen molar-refractivity contribution in [2.24, 2.45) is 17.8 Å². The maximum atomic E-state index is 14.4. The highest BCUT2D eigenvalue weighted by Gasteiger charge is 2.58. The minimum atomic E-state index is -3.07. The molecule has 3 heterocycles. The molecule has 0 bridgehead atoms. The molecule has 2 saturated heterocycles. The number of aromatic nitrogens is 2. The number of hydrogen-bond donors (Lipinski definition) is 0. The molecule has 158 valence electrons. The molecule has 29 heavy (non-hydrogen) atoms. The number of hydrogen-bond acceptors (Lipinski definition) is 6. The van der Waals surface area contributed by atoms with Gasteiger partial charge in [0.1, 0.15) is 11.5 Å². The Morgan fingerprint density at radius 2 is 1.90 bits per heavy atom. The van der Waals surface area contributed by atoms with Crippen molar-refractivity contribution in [3.63, 3.8) is 0 Å². The average Bonchev–Trinajstić information content (AvgIpc) is 3.01. The summed E-state index contributed by atoms with van der Waals surface area (Å²) in [6.45, 7) is 2.02. The molecule has 0 aromatic carbocycles. The Labute approximate surface area is 165 Å². The minimum absolute atomic E-state index is 0.0505. The summed E-state index contributed by atoms with van der Waals surface area (Å²) in [6.07, 6.45) is 0.192. The lowest BCUT2D eigenvalue weighted by atomic mass is 10.0. The summed E-state index contributed by atoms with van der Waals surface area (Å²) in [5.74, 6) is -4.94. The lowest BCUT2D eigenvalue weighted by Crippen LogP contribution is -2.64.